The first-order valence-corrected chi connectivity index (χ1v) is 4.89. The summed E-state index contributed by atoms with van der Waals surface area (Å²) in [6.45, 7) is 0.618. The summed E-state index contributed by atoms with van der Waals surface area (Å²) in [7, 11) is 1.90. The van der Waals surface area contributed by atoms with Crippen molar-refractivity contribution in [2.45, 2.75) is 6.54 Å². The van der Waals surface area contributed by atoms with Gasteiger partial charge in [0, 0.05) is 13.2 Å². The Morgan fingerprint density at radius 1 is 1.50 bits per heavy atom. The summed E-state index contributed by atoms with van der Waals surface area (Å²) in [6, 6.07) is 7.59. The van der Waals surface area contributed by atoms with Gasteiger partial charge in [-0.1, -0.05) is 0 Å². The molecule has 4 heteroatoms. The molecule has 0 bridgehead atoms. The van der Waals surface area contributed by atoms with Crippen LogP contribution in [0.15, 0.2) is 41.3 Å². The van der Waals surface area contributed by atoms with E-state index in [1.165, 1.54) is 0 Å². The summed E-state index contributed by atoms with van der Waals surface area (Å²) in [5.74, 6) is 0.857. The minimum Gasteiger partial charge on any atom is -0.467 e. The molecule has 0 unspecified atom stereocenters. The number of aromatic nitrogens is 1. The van der Waals surface area contributed by atoms with E-state index in [9.17, 15) is 0 Å². The van der Waals surface area contributed by atoms with Gasteiger partial charge in [-0.05, 0) is 18.2 Å². The van der Waals surface area contributed by atoms with Gasteiger partial charge in [0.25, 0.3) is 0 Å². The molecule has 0 atom stereocenters. The van der Waals surface area contributed by atoms with Crippen LogP contribution >= 0.6 is 0 Å². The van der Waals surface area contributed by atoms with Crippen LogP contribution in [0.4, 0.5) is 5.69 Å². The van der Waals surface area contributed by atoms with Crippen LogP contribution in [-0.2, 0) is 6.54 Å². The van der Waals surface area contributed by atoms with E-state index in [0.717, 1.165) is 11.4 Å². The number of hydrogen-bond acceptors (Lipinski definition) is 4. The Morgan fingerprint density at radius 2 is 2.38 bits per heavy atom. The highest BCUT2D eigenvalue weighted by Gasteiger charge is 2.08. The molecular formula is C12H11N3O. The van der Waals surface area contributed by atoms with Crippen LogP contribution in [0.1, 0.15) is 11.3 Å². The van der Waals surface area contributed by atoms with E-state index in [1.54, 1.807) is 24.7 Å². The molecule has 80 valence electrons. The average Bonchev–Trinajstić information content (AvgIpc) is 2.81. The van der Waals surface area contributed by atoms with Gasteiger partial charge in [0.05, 0.1) is 30.3 Å². The zero-order valence-corrected chi connectivity index (χ0v) is 8.92. The summed E-state index contributed by atoms with van der Waals surface area (Å²) in [4.78, 5) is 5.96. The largest absolute Gasteiger partial charge is 0.467 e. The molecule has 0 aliphatic carbocycles. The smallest absolute Gasteiger partial charge is 0.123 e. The van der Waals surface area contributed by atoms with Crippen molar-refractivity contribution in [2.24, 2.45) is 0 Å². The van der Waals surface area contributed by atoms with E-state index in [1.807, 2.05) is 24.1 Å². The van der Waals surface area contributed by atoms with Crippen molar-refractivity contribution >= 4 is 5.69 Å². The van der Waals surface area contributed by atoms with E-state index < -0.39 is 0 Å². The number of hydrogen-bond donors (Lipinski definition) is 0. The maximum absolute atomic E-state index is 8.97. The second-order valence-corrected chi connectivity index (χ2v) is 3.44. The average molecular weight is 213 g/mol. The molecule has 0 fully saturated rings. The lowest BCUT2D eigenvalue weighted by Gasteiger charge is -2.18. The first-order chi connectivity index (χ1) is 7.81. The highest BCUT2D eigenvalue weighted by molar-refractivity contribution is 5.56. The summed E-state index contributed by atoms with van der Waals surface area (Å²) < 4.78 is 5.25. The number of furan rings is 1. The Labute approximate surface area is 93.7 Å². The van der Waals surface area contributed by atoms with E-state index >= 15 is 0 Å². The number of anilines is 1. The Hall–Kier alpha value is -2.28. The van der Waals surface area contributed by atoms with Gasteiger partial charge in [-0.15, -0.1) is 0 Å². The molecule has 0 spiro atoms. The van der Waals surface area contributed by atoms with Crippen LogP contribution < -0.4 is 4.90 Å². The number of nitrogens with zero attached hydrogens (tertiary/aromatic N) is 3. The minimum absolute atomic E-state index is 0.615. The molecule has 0 saturated carbocycles. The molecule has 0 amide bonds. The highest BCUT2D eigenvalue weighted by Crippen LogP contribution is 2.18. The predicted molar refractivity (Wildman–Crippen MR) is 59.8 cm³/mol. The summed E-state index contributed by atoms with van der Waals surface area (Å²) >= 11 is 0. The van der Waals surface area contributed by atoms with Crippen molar-refractivity contribution in [1.82, 2.24) is 4.98 Å². The number of pyridine rings is 1. The second-order valence-electron chi connectivity index (χ2n) is 3.44. The Balaban J connectivity index is 2.21. The summed E-state index contributed by atoms with van der Waals surface area (Å²) in [5, 5.41) is 8.97. The molecule has 0 aromatic carbocycles. The summed E-state index contributed by atoms with van der Waals surface area (Å²) in [6.07, 6.45) is 4.93. The fourth-order valence-corrected chi connectivity index (χ4v) is 1.51. The lowest BCUT2D eigenvalue weighted by Crippen LogP contribution is -2.17. The van der Waals surface area contributed by atoms with Crippen molar-refractivity contribution < 1.29 is 4.42 Å². The van der Waals surface area contributed by atoms with Gasteiger partial charge >= 0.3 is 0 Å². The van der Waals surface area contributed by atoms with Gasteiger partial charge in [0.1, 0.15) is 11.8 Å². The molecule has 2 rings (SSSR count). The number of rotatable bonds is 3. The molecular weight excluding hydrogens is 202 g/mol. The fraction of sp³-hybridized carbons (Fsp3) is 0.167. The molecule has 0 aliphatic rings. The Bertz CT molecular complexity index is 499. The molecule has 2 heterocycles. The zero-order chi connectivity index (χ0) is 11.4. The van der Waals surface area contributed by atoms with Gasteiger partial charge in [0.2, 0.25) is 0 Å². The lowest BCUT2D eigenvalue weighted by molar-refractivity contribution is 0.507. The van der Waals surface area contributed by atoms with E-state index in [0.29, 0.717) is 12.1 Å². The first kappa shape index (κ1) is 10.2. The van der Waals surface area contributed by atoms with Crippen molar-refractivity contribution in [2.75, 3.05) is 11.9 Å². The third-order valence-electron chi connectivity index (χ3n) is 2.30. The fourth-order valence-electron chi connectivity index (χ4n) is 1.51. The summed E-state index contributed by atoms with van der Waals surface area (Å²) in [5.41, 5.74) is 1.42. The van der Waals surface area contributed by atoms with Crippen LogP contribution in [0.25, 0.3) is 0 Å². The van der Waals surface area contributed by atoms with Crippen LogP contribution in [0.2, 0.25) is 0 Å². The SMILES string of the molecule is CN(Cc1ccco1)c1cnccc1C#N. The first-order valence-electron chi connectivity index (χ1n) is 4.89. The van der Waals surface area contributed by atoms with Crippen LogP contribution in [0, 0.1) is 11.3 Å². The Kier molecular flexibility index (Phi) is 2.88. The van der Waals surface area contributed by atoms with E-state index in [4.69, 9.17) is 9.68 Å². The molecule has 0 radical (unpaired) electrons. The van der Waals surface area contributed by atoms with Crippen molar-refractivity contribution in [3.8, 4) is 6.07 Å². The van der Waals surface area contributed by atoms with Crippen LogP contribution in [0.3, 0.4) is 0 Å². The molecule has 2 aromatic rings. The van der Waals surface area contributed by atoms with Gasteiger partial charge in [-0.25, -0.2) is 0 Å². The van der Waals surface area contributed by atoms with Gasteiger partial charge in [0.15, 0.2) is 0 Å². The Morgan fingerprint density at radius 3 is 3.06 bits per heavy atom. The van der Waals surface area contributed by atoms with Crippen molar-refractivity contribution in [1.29, 1.82) is 5.26 Å². The van der Waals surface area contributed by atoms with E-state index in [-0.39, 0.29) is 0 Å². The number of nitriles is 1. The molecule has 4 nitrogen and oxygen atoms in total. The third-order valence-corrected chi connectivity index (χ3v) is 2.30. The maximum Gasteiger partial charge on any atom is 0.123 e. The van der Waals surface area contributed by atoms with Crippen LogP contribution in [-0.4, -0.2) is 12.0 Å². The van der Waals surface area contributed by atoms with Gasteiger partial charge < -0.3 is 9.32 Å². The normalized spacial score (nSPS) is 9.75. The molecule has 0 saturated heterocycles. The third kappa shape index (κ3) is 2.04. The molecule has 0 N–H and O–H groups in total. The van der Waals surface area contributed by atoms with Gasteiger partial charge in [-0.3, -0.25) is 4.98 Å². The molecule has 16 heavy (non-hydrogen) atoms. The standard InChI is InChI=1S/C12H11N3O/c1-15(9-11-3-2-6-16-11)12-8-14-5-4-10(12)7-13/h2-6,8H,9H2,1H3. The zero-order valence-electron chi connectivity index (χ0n) is 8.92. The van der Waals surface area contributed by atoms with Crippen molar-refractivity contribution in [3.63, 3.8) is 0 Å². The van der Waals surface area contributed by atoms with Crippen LogP contribution in [0.5, 0.6) is 0 Å². The lowest BCUT2D eigenvalue weighted by atomic mass is 10.2. The second kappa shape index (κ2) is 4.49. The molecule has 2 aromatic heterocycles. The quantitative estimate of drug-likeness (QED) is 0.784. The highest BCUT2D eigenvalue weighted by atomic mass is 16.3. The van der Waals surface area contributed by atoms with E-state index in [2.05, 4.69) is 11.1 Å². The van der Waals surface area contributed by atoms with Crippen molar-refractivity contribution in [3.05, 3.63) is 48.2 Å². The monoisotopic (exact) mass is 213 g/mol. The predicted octanol–water partition coefficient (Wildman–Crippen LogP) is 2.18. The maximum atomic E-state index is 8.97. The molecule has 0 aliphatic heterocycles. The minimum atomic E-state index is 0.615. The van der Waals surface area contributed by atoms with Gasteiger partial charge in [-0.2, -0.15) is 5.26 Å². The topological polar surface area (TPSA) is 53.1 Å².